The van der Waals surface area contributed by atoms with E-state index in [9.17, 15) is 10.1 Å². The molecular formula is C24H32ClN3O4. The van der Waals surface area contributed by atoms with Crippen LogP contribution in [0.5, 0.6) is 11.5 Å². The van der Waals surface area contributed by atoms with Crippen molar-refractivity contribution < 1.29 is 14.4 Å². The van der Waals surface area contributed by atoms with Crippen molar-refractivity contribution in [1.82, 2.24) is 4.90 Å². The fraction of sp³-hybridized carbons (Fsp3) is 0.500. The van der Waals surface area contributed by atoms with Crippen molar-refractivity contribution in [2.45, 2.75) is 38.8 Å². The monoisotopic (exact) mass is 461 g/mol. The molecule has 7 nitrogen and oxygen atoms in total. The molecule has 3 rings (SSSR count). The van der Waals surface area contributed by atoms with Crippen LogP contribution in [-0.2, 0) is 13.1 Å². The predicted octanol–water partition coefficient (Wildman–Crippen LogP) is 5.03. The first-order valence-electron chi connectivity index (χ1n) is 11.0. The van der Waals surface area contributed by atoms with Gasteiger partial charge in [0.1, 0.15) is 0 Å². The lowest BCUT2D eigenvalue weighted by molar-refractivity contribution is -0.385. The smallest absolute Gasteiger partial charge is 0.277 e. The maximum atomic E-state index is 11.8. The molecule has 0 radical (unpaired) electrons. The third-order valence-corrected chi connectivity index (χ3v) is 6.52. The molecule has 0 heterocycles. The number of nitrogens with zero attached hydrogens (tertiary/aromatic N) is 2. The molecule has 1 fully saturated rings. The standard InChI is InChI=1S/C24H32ClN3O4/c1-31-23-11-20(22(28(29)30)12-24(23)32-2)16-27(15-19-4-3-5-21(25)10-19)14-18-8-6-17(13-26)7-9-18/h3-5,10-12,17-18H,6-9,13-16,26H2,1-2H3. The lowest BCUT2D eigenvalue weighted by atomic mass is 9.82. The van der Waals surface area contributed by atoms with Crippen LogP contribution in [0.15, 0.2) is 36.4 Å². The highest BCUT2D eigenvalue weighted by atomic mass is 35.5. The molecule has 0 bridgehead atoms. The fourth-order valence-electron chi connectivity index (χ4n) is 4.54. The van der Waals surface area contributed by atoms with Gasteiger partial charge in [-0.3, -0.25) is 15.0 Å². The minimum absolute atomic E-state index is 0.0329. The maximum Gasteiger partial charge on any atom is 0.277 e. The van der Waals surface area contributed by atoms with Crippen LogP contribution in [0.1, 0.15) is 36.8 Å². The van der Waals surface area contributed by atoms with Gasteiger partial charge in [-0.05, 0) is 67.8 Å². The molecule has 0 saturated heterocycles. The van der Waals surface area contributed by atoms with Gasteiger partial charge in [0, 0.05) is 30.2 Å². The van der Waals surface area contributed by atoms with Crippen molar-refractivity contribution >= 4 is 17.3 Å². The summed E-state index contributed by atoms with van der Waals surface area (Å²) in [5.74, 6) is 1.99. The molecule has 0 unspecified atom stereocenters. The molecule has 2 aromatic carbocycles. The molecular weight excluding hydrogens is 430 g/mol. The van der Waals surface area contributed by atoms with Crippen molar-refractivity contribution in [3.05, 3.63) is 62.7 Å². The largest absolute Gasteiger partial charge is 0.493 e. The molecule has 2 aromatic rings. The van der Waals surface area contributed by atoms with Gasteiger partial charge in [-0.15, -0.1) is 0 Å². The van der Waals surface area contributed by atoms with Crippen LogP contribution in [0.2, 0.25) is 5.02 Å². The van der Waals surface area contributed by atoms with E-state index < -0.39 is 0 Å². The first-order chi connectivity index (χ1) is 15.4. The van der Waals surface area contributed by atoms with E-state index in [1.54, 1.807) is 6.07 Å². The minimum atomic E-state index is -0.360. The van der Waals surface area contributed by atoms with E-state index >= 15 is 0 Å². The molecule has 0 aliphatic heterocycles. The summed E-state index contributed by atoms with van der Waals surface area (Å²) in [6.45, 7) is 2.69. The molecule has 1 aliphatic rings. The van der Waals surface area contributed by atoms with Crippen molar-refractivity contribution in [3.8, 4) is 11.5 Å². The van der Waals surface area contributed by atoms with Crippen molar-refractivity contribution in [1.29, 1.82) is 0 Å². The van der Waals surface area contributed by atoms with Crippen LogP contribution >= 0.6 is 11.6 Å². The number of ether oxygens (including phenoxy) is 2. The molecule has 0 amide bonds. The first kappa shape index (κ1) is 24.3. The number of rotatable bonds is 10. The van der Waals surface area contributed by atoms with Gasteiger partial charge in [-0.2, -0.15) is 0 Å². The Hall–Kier alpha value is -2.35. The van der Waals surface area contributed by atoms with Gasteiger partial charge in [0.25, 0.3) is 5.69 Å². The zero-order chi connectivity index (χ0) is 23.1. The lowest BCUT2D eigenvalue weighted by Gasteiger charge is -2.32. The third kappa shape index (κ3) is 6.34. The number of benzene rings is 2. The summed E-state index contributed by atoms with van der Waals surface area (Å²) < 4.78 is 10.7. The molecule has 8 heteroatoms. The summed E-state index contributed by atoms with van der Waals surface area (Å²) in [5, 5.41) is 12.5. The second-order valence-corrected chi connectivity index (χ2v) is 8.95. The highest BCUT2D eigenvalue weighted by Gasteiger charge is 2.25. The predicted molar refractivity (Wildman–Crippen MR) is 126 cm³/mol. The van der Waals surface area contributed by atoms with Crippen molar-refractivity contribution in [3.63, 3.8) is 0 Å². The van der Waals surface area contributed by atoms with Gasteiger partial charge in [0.15, 0.2) is 11.5 Å². The van der Waals surface area contributed by atoms with Crippen molar-refractivity contribution in [2.24, 2.45) is 17.6 Å². The van der Waals surface area contributed by atoms with E-state index in [0.717, 1.165) is 44.3 Å². The summed E-state index contributed by atoms with van der Waals surface area (Å²) in [6, 6.07) is 10.9. The Labute approximate surface area is 194 Å². The van der Waals surface area contributed by atoms with E-state index in [-0.39, 0.29) is 10.6 Å². The maximum absolute atomic E-state index is 11.8. The van der Waals surface area contributed by atoms with Crippen LogP contribution in [0.3, 0.4) is 0 Å². The molecule has 32 heavy (non-hydrogen) atoms. The normalized spacial score (nSPS) is 18.5. The van der Waals surface area contributed by atoms with Gasteiger partial charge in [0.2, 0.25) is 0 Å². The summed E-state index contributed by atoms with van der Waals surface area (Å²) in [4.78, 5) is 13.7. The Morgan fingerprint density at radius 1 is 1.06 bits per heavy atom. The van der Waals surface area contributed by atoms with Crippen LogP contribution in [-0.4, -0.2) is 37.1 Å². The van der Waals surface area contributed by atoms with Gasteiger partial charge in [0.05, 0.1) is 25.2 Å². The number of hydrogen-bond acceptors (Lipinski definition) is 6. The van der Waals surface area contributed by atoms with Crippen LogP contribution in [0, 0.1) is 22.0 Å². The van der Waals surface area contributed by atoms with Crippen LogP contribution < -0.4 is 15.2 Å². The zero-order valence-corrected chi connectivity index (χ0v) is 19.5. The average Bonchev–Trinajstić information content (AvgIpc) is 2.79. The minimum Gasteiger partial charge on any atom is -0.493 e. The molecule has 1 saturated carbocycles. The second-order valence-electron chi connectivity index (χ2n) is 8.52. The molecule has 2 N–H and O–H groups in total. The Bertz CT molecular complexity index is 916. The van der Waals surface area contributed by atoms with E-state index in [4.69, 9.17) is 26.8 Å². The fourth-order valence-corrected chi connectivity index (χ4v) is 4.75. The SMILES string of the molecule is COc1cc(CN(Cc2cccc(Cl)c2)CC2CCC(CN)CC2)c([N+](=O)[O-])cc1OC. The first-order valence-corrected chi connectivity index (χ1v) is 11.4. The average molecular weight is 462 g/mol. The number of nitrogens with two attached hydrogens (primary N) is 1. The molecule has 0 spiro atoms. The molecule has 174 valence electrons. The quantitative estimate of drug-likeness (QED) is 0.394. The van der Waals surface area contributed by atoms with Gasteiger partial charge < -0.3 is 15.2 Å². The van der Waals surface area contributed by atoms with Gasteiger partial charge in [-0.25, -0.2) is 0 Å². The van der Waals surface area contributed by atoms with Gasteiger partial charge >= 0.3 is 0 Å². The summed E-state index contributed by atoms with van der Waals surface area (Å²) >= 11 is 6.20. The number of methoxy groups -OCH3 is 2. The zero-order valence-electron chi connectivity index (χ0n) is 18.8. The topological polar surface area (TPSA) is 90.9 Å². The van der Waals surface area contributed by atoms with Crippen LogP contribution in [0.25, 0.3) is 0 Å². The summed E-state index contributed by atoms with van der Waals surface area (Å²) in [7, 11) is 3.01. The highest BCUT2D eigenvalue weighted by molar-refractivity contribution is 6.30. The Morgan fingerprint density at radius 3 is 2.31 bits per heavy atom. The Morgan fingerprint density at radius 2 is 1.72 bits per heavy atom. The Balaban J connectivity index is 1.86. The molecule has 0 aromatic heterocycles. The van der Waals surface area contributed by atoms with Gasteiger partial charge in [-0.1, -0.05) is 23.7 Å². The van der Waals surface area contributed by atoms with Crippen LogP contribution in [0.4, 0.5) is 5.69 Å². The molecule has 1 aliphatic carbocycles. The van der Waals surface area contributed by atoms with E-state index in [1.807, 2.05) is 24.3 Å². The number of halogens is 1. The summed E-state index contributed by atoms with van der Waals surface area (Å²) in [5.41, 5.74) is 7.57. The third-order valence-electron chi connectivity index (χ3n) is 6.29. The van der Waals surface area contributed by atoms with E-state index in [0.29, 0.717) is 47.0 Å². The van der Waals surface area contributed by atoms with E-state index in [1.165, 1.54) is 20.3 Å². The Kier molecular flexibility index (Phi) is 8.73. The number of nitro groups is 1. The van der Waals surface area contributed by atoms with Crippen molar-refractivity contribution in [2.75, 3.05) is 27.3 Å². The second kappa shape index (κ2) is 11.5. The number of nitro benzene ring substituents is 1. The lowest BCUT2D eigenvalue weighted by Crippen LogP contribution is -2.32. The highest BCUT2D eigenvalue weighted by Crippen LogP contribution is 2.36. The summed E-state index contributed by atoms with van der Waals surface area (Å²) in [6.07, 6.45) is 4.54. The number of hydrogen-bond donors (Lipinski definition) is 1. The van der Waals surface area contributed by atoms with E-state index in [2.05, 4.69) is 4.90 Å². The molecule has 0 atom stereocenters.